The maximum atomic E-state index is 10.9. The summed E-state index contributed by atoms with van der Waals surface area (Å²) in [5.74, 6) is -0.496. The monoisotopic (exact) mass is 200 g/mol. The molecule has 2 aliphatic rings. The van der Waals surface area contributed by atoms with Gasteiger partial charge < -0.3 is 19.3 Å². The zero-order valence-electron chi connectivity index (χ0n) is 7.59. The largest absolute Gasteiger partial charge is 0.454 e. The Labute approximate surface area is 81.3 Å². The van der Waals surface area contributed by atoms with Gasteiger partial charge in [-0.15, -0.1) is 0 Å². The fraction of sp³-hybridized carbons (Fsp3) is 0.667. The fourth-order valence-corrected chi connectivity index (χ4v) is 1.74. The van der Waals surface area contributed by atoms with Crippen LogP contribution in [0.2, 0.25) is 0 Å². The number of carbonyl (C=O) groups excluding carboxylic acids is 1. The molecule has 5 nitrogen and oxygen atoms in total. The Morgan fingerprint density at radius 1 is 1.43 bits per heavy atom. The lowest BCUT2D eigenvalue weighted by Crippen LogP contribution is -2.33. The van der Waals surface area contributed by atoms with Gasteiger partial charge in [0.1, 0.15) is 18.3 Å². The van der Waals surface area contributed by atoms with Crippen LogP contribution in [-0.2, 0) is 19.0 Å². The first-order chi connectivity index (χ1) is 6.72. The summed E-state index contributed by atoms with van der Waals surface area (Å²) in [6, 6.07) is 0. The van der Waals surface area contributed by atoms with E-state index in [9.17, 15) is 9.90 Å². The van der Waals surface area contributed by atoms with Crippen molar-refractivity contribution in [2.24, 2.45) is 0 Å². The molecule has 0 spiro atoms. The molecule has 2 saturated heterocycles. The van der Waals surface area contributed by atoms with Gasteiger partial charge in [0.15, 0.2) is 6.10 Å². The molecular weight excluding hydrogens is 188 g/mol. The average molecular weight is 200 g/mol. The summed E-state index contributed by atoms with van der Waals surface area (Å²) in [4.78, 5) is 10.9. The predicted octanol–water partition coefficient (Wildman–Crippen LogP) is -0.757. The Morgan fingerprint density at radius 3 is 2.86 bits per heavy atom. The molecule has 2 unspecified atom stereocenters. The van der Waals surface area contributed by atoms with Crippen molar-refractivity contribution in [3.05, 3.63) is 12.7 Å². The van der Waals surface area contributed by atoms with E-state index in [1.807, 2.05) is 0 Å². The van der Waals surface area contributed by atoms with Crippen LogP contribution in [0, 0.1) is 0 Å². The second-order valence-corrected chi connectivity index (χ2v) is 3.34. The number of aliphatic hydroxyl groups is 1. The molecule has 0 radical (unpaired) electrons. The molecule has 5 heteroatoms. The minimum Gasteiger partial charge on any atom is -0.454 e. The molecule has 78 valence electrons. The third-order valence-corrected chi connectivity index (χ3v) is 2.42. The van der Waals surface area contributed by atoms with Crippen LogP contribution >= 0.6 is 0 Å². The average Bonchev–Trinajstić information content (AvgIpc) is 2.72. The highest BCUT2D eigenvalue weighted by Crippen LogP contribution is 2.28. The highest BCUT2D eigenvalue weighted by Gasteiger charge is 2.48. The van der Waals surface area contributed by atoms with E-state index in [1.165, 1.54) is 0 Å². The van der Waals surface area contributed by atoms with Crippen molar-refractivity contribution in [2.45, 2.75) is 24.4 Å². The topological polar surface area (TPSA) is 65.0 Å². The minimum atomic E-state index is -0.618. The Bertz CT molecular complexity index is 252. The Kier molecular flexibility index (Phi) is 2.54. The smallest absolute Gasteiger partial charge is 0.330 e. The molecule has 1 N–H and O–H groups in total. The van der Waals surface area contributed by atoms with Crippen molar-refractivity contribution in [1.29, 1.82) is 0 Å². The van der Waals surface area contributed by atoms with E-state index < -0.39 is 18.2 Å². The molecule has 2 fully saturated rings. The van der Waals surface area contributed by atoms with Gasteiger partial charge >= 0.3 is 5.97 Å². The Hall–Kier alpha value is -0.910. The number of ether oxygens (including phenoxy) is 3. The van der Waals surface area contributed by atoms with Crippen molar-refractivity contribution in [2.75, 3.05) is 13.2 Å². The fourth-order valence-electron chi connectivity index (χ4n) is 1.74. The minimum absolute atomic E-state index is 0.234. The molecule has 0 aromatic heterocycles. The molecule has 0 saturated carbocycles. The molecule has 0 aliphatic carbocycles. The van der Waals surface area contributed by atoms with Gasteiger partial charge in [0.2, 0.25) is 0 Å². The molecule has 2 aliphatic heterocycles. The SMILES string of the molecule is C=CC(=O)O[C@H]1COC2C1OC[C@H]2O. The molecule has 0 bridgehead atoms. The van der Waals surface area contributed by atoms with Gasteiger partial charge in [0, 0.05) is 6.08 Å². The normalized spacial score (nSPS) is 40.6. The van der Waals surface area contributed by atoms with E-state index in [-0.39, 0.29) is 25.4 Å². The van der Waals surface area contributed by atoms with E-state index in [1.54, 1.807) is 0 Å². The quantitative estimate of drug-likeness (QED) is 0.469. The Balaban J connectivity index is 1.96. The maximum absolute atomic E-state index is 10.9. The molecule has 0 aromatic carbocycles. The first-order valence-electron chi connectivity index (χ1n) is 4.46. The van der Waals surface area contributed by atoms with E-state index >= 15 is 0 Å². The second kappa shape index (κ2) is 3.68. The first kappa shape index (κ1) is 9.64. The zero-order valence-corrected chi connectivity index (χ0v) is 7.59. The number of carbonyl (C=O) groups is 1. The lowest BCUT2D eigenvalue weighted by atomic mass is 10.1. The molecule has 2 heterocycles. The summed E-state index contributed by atoms with van der Waals surface area (Å²) in [7, 11) is 0. The number of rotatable bonds is 2. The van der Waals surface area contributed by atoms with Gasteiger partial charge in [-0.05, 0) is 0 Å². The third kappa shape index (κ3) is 1.54. The van der Waals surface area contributed by atoms with Crippen LogP contribution in [0.4, 0.5) is 0 Å². The van der Waals surface area contributed by atoms with Crippen molar-refractivity contribution in [3.63, 3.8) is 0 Å². The molecule has 0 aromatic rings. The van der Waals surface area contributed by atoms with Crippen LogP contribution in [0.15, 0.2) is 12.7 Å². The second-order valence-electron chi connectivity index (χ2n) is 3.34. The lowest BCUT2D eigenvalue weighted by molar-refractivity contribution is -0.147. The number of esters is 1. The molecule has 14 heavy (non-hydrogen) atoms. The molecule has 2 rings (SSSR count). The van der Waals surface area contributed by atoms with Gasteiger partial charge in [0.25, 0.3) is 0 Å². The predicted molar refractivity (Wildman–Crippen MR) is 45.6 cm³/mol. The van der Waals surface area contributed by atoms with E-state index in [0.717, 1.165) is 6.08 Å². The number of hydrogen-bond acceptors (Lipinski definition) is 5. The van der Waals surface area contributed by atoms with E-state index in [2.05, 4.69) is 6.58 Å². The lowest BCUT2D eigenvalue weighted by Gasteiger charge is -2.15. The first-order valence-corrected chi connectivity index (χ1v) is 4.46. The van der Waals surface area contributed by atoms with Gasteiger partial charge in [-0.1, -0.05) is 6.58 Å². The van der Waals surface area contributed by atoms with Crippen LogP contribution in [0.25, 0.3) is 0 Å². The summed E-state index contributed by atoms with van der Waals surface area (Å²) in [5.41, 5.74) is 0. The third-order valence-electron chi connectivity index (χ3n) is 2.42. The summed E-state index contributed by atoms with van der Waals surface area (Å²) in [6.07, 6.45) is -0.653. The number of hydrogen-bond donors (Lipinski definition) is 1. The Morgan fingerprint density at radius 2 is 2.14 bits per heavy atom. The van der Waals surface area contributed by atoms with Gasteiger partial charge in [-0.3, -0.25) is 0 Å². The number of aliphatic hydroxyl groups excluding tert-OH is 1. The zero-order chi connectivity index (χ0) is 10.1. The van der Waals surface area contributed by atoms with Crippen molar-refractivity contribution >= 4 is 5.97 Å². The standard InChI is InChI=1S/C9H12O5/c1-2-7(11)14-6-4-13-8-5(10)3-12-9(6)8/h2,5-6,8-10H,1,3-4H2/t5-,6+,8?,9?/m1/s1. The maximum Gasteiger partial charge on any atom is 0.330 e. The summed E-state index contributed by atoms with van der Waals surface area (Å²) >= 11 is 0. The molecule has 4 atom stereocenters. The summed E-state index contributed by atoms with van der Waals surface area (Å²) < 4.78 is 15.5. The highest BCUT2D eigenvalue weighted by atomic mass is 16.6. The van der Waals surface area contributed by atoms with E-state index in [0.29, 0.717) is 0 Å². The van der Waals surface area contributed by atoms with Crippen LogP contribution in [0.5, 0.6) is 0 Å². The summed E-state index contributed by atoms with van der Waals surface area (Å²) in [5, 5.41) is 9.40. The van der Waals surface area contributed by atoms with Crippen LogP contribution < -0.4 is 0 Å². The highest BCUT2D eigenvalue weighted by molar-refractivity contribution is 5.81. The van der Waals surface area contributed by atoms with Crippen molar-refractivity contribution in [1.82, 2.24) is 0 Å². The van der Waals surface area contributed by atoms with Crippen molar-refractivity contribution in [3.8, 4) is 0 Å². The van der Waals surface area contributed by atoms with Gasteiger partial charge in [-0.2, -0.15) is 0 Å². The molecule has 0 amide bonds. The van der Waals surface area contributed by atoms with Crippen LogP contribution in [0.1, 0.15) is 0 Å². The molecular formula is C9H12O5. The van der Waals surface area contributed by atoms with Crippen LogP contribution in [0.3, 0.4) is 0 Å². The van der Waals surface area contributed by atoms with Crippen LogP contribution in [-0.4, -0.2) is 48.7 Å². The van der Waals surface area contributed by atoms with E-state index in [4.69, 9.17) is 14.2 Å². The van der Waals surface area contributed by atoms with Gasteiger partial charge in [0.05, 0.1) is 13.2 Å². The summed E-state index contributed by atoms with van der Waals surface area (Å²) in [6.45, 7) is 3.80. The number of fused-ring (bicyclic) bond motifs is 1. The van der Waals surface area contributed by atoms with Gasteiger partial charge in [-0.25, -0.2) is 4.79 Å². The van der Waals surface area contributed by atoms with Crippen molar-refractivity contribution < 1.29 is 24.1 Å².